The maximum Gasteiger partial charge on any atom is 0.326 e. The molecule has 0 aromatic carbocycles. The minimum atomic E-state index is -1.10. The van der Waals surface area contributed by atoms with Crippen molar-refractivity contribution < 1.29 is 19.8 Å². The number of carbonyl (C=O) groups is 2. The number of aryl methyl sites for hydroxylation is 1. The lowest BCUT2D eigenvalue weighted by Crippen LogP contribution is -2.46. The summed E-state index contributed by atoms with van der Waals surface area (Å²) in [4.78, 5) is 30.1. The van der Waals surface area contributed by atoms with Gasteiger partial charge in [0.05, 0.1) is 12.6 Å². The highest BCUT2D eigenvalue weighted by Crippen LogP contribution is 2.20. The van der Waals surface area contributed by atoms with Gasteiger partial charge in [0.15, 0.2) is 0 Å². The molecule has 0 bridgehead atoms. The van der Waals surface area contributed by atoms with E-state index in [1.165, 1.54) is 9.80 Å². The number of carboxylic acids is 1. The molecule has 1 saturated heterocycles. The van der Waals surface area contributed by atoms with Crippen LogP contribution in [0.4, 0.5) is 4.79 Å². The molecule has 0 saturated carbocycles. The number of β-amino-alcohol motifs (C(OH)–C–C–N with tert-alkyl or cyclic N) is 1. The summed E-state index contributed by atoms with van der Waals surface area (Å²) in [7, 11) is 3.40. The summed E-state index contributed by atoms with van der Waals surface area (Å²) in [5, 5.41) is 18.7. The molecule has 8 nitrogen and oxygen atoms in total. The van der Waals surface area contributed by atoms with Crippen molar-refractivity contribution in [1.82, 2.24) is 19.4 Å². The van der Waals surface area contributed by atoms with Crippen molar-refractivity contribution in [2.45, 2.75) is 25.1 Å². The van der Waals surface area contributed by atoms with E-state index in [0.29, 0.717) is 5.82 Å². The van der Waals surface area contributed by atoms with Gasteiger partial charge in [-0.2, -0.15) is 0 Å². The maximum absolute atomic E-state index is 12.3. The number of aromatic nitrogens is 2. The summed E-state index contributed by atoms with van der Waals surface area (Å²) in [5.41, 5.74) is 0. The van der Waals surface area contributed by atoms with Crippen LogP contribution in [0.15, 0.2) is 12.4 Å². The predicted molar refractivity (Wildman–Crippen MR) is 68.8 cm³/mol. The summed E-state index contributed by atoms with van der Waals surface area (Å²) in [6.07, 6.45) is 2.68. The van der Waals surface area contributed by atoms with Gasteiger partial charge in [0.25, 0.3) is 0 Å². The van der Waals surface area contributed by atoms with Gasteiger partial charge in [-0.1, -0.05) is 0 Å². The standard InChI is InChI=1S/C12H18N4O4/c1-14-4-3-13-10(14)7-15(2)12(20)16-6-8(17)5-9(16)11(18)19/h3-4,8-9,17H,5-7H2,1-2H3,(H,18,19)/t8?,9-/m0/s1. The van der Waals surface area contributed by atoms with E-state index >= 15 is 0 Å². The number of imidazole rings is 1. The predicted octanol–water partition coefficient (Wildman–Crippen LogP) is -0.508. The van der Waals surface area contributed by atoms with Crippen LogP contribution < -0.4 is 0 Å². The number of amides is 2. The molecule has 0 aliphatic carbocycles. The Kier molecular flexibility index (Phi) is 3.93. The van der Waals surface area contributed by atoms with Gasteiger partial charge in [-0.25, -0.2) is 14.6 Å². The average molecular weight is 282 g/mol. The highest BCUT2D eigenvalue weighted by atomic mass is 16.4. The number of carbonyl (C=O) groups excluding carboxylic acids is 1. The molecule has 8 heteroatoms. The zero-order valence-electron chi connectivity index (χ0n) is 11.4. The lowest BCUT2D eigenvalue weighted by Gasteiger charge is -2.27. The van der Waals surface area contributed by atoms with Crippen molar-refractivity contribution in [2.24, 2.45) is 7.05 Å². The van der Waals surface area contributed by atoms with E-state index in [-0.39, 0.29) is 19.5 Å². The van der Waals surface area contributed by atoms with E-state index in [0.717, 1.165) is 0 Å². The van der Waals surface area contributed by atoms with Crippen LogP contribution in [0, 0.1) is 0 Å². The van der Waals surface area contributed by atoms with E-state index in [2.05, 4.69) is 4.98 Å². The highest BCUT2D eigenvalue weighted by Gasteiger charge is 2.40. The quantitative estimate of drug-likeness (QED) is 0.778. The van der Waals surface area contributed by atoms with Crippen LogP contribution in [0.1, 0.15) is 12.2 Å². The molecular formula is C12H18N4O4. The smallest absolute Gasteiger partial charge is 0.326 e. The zero-order valence-corrected chi connectivity index (χ0v) is 11.4. The third kappa shape index (κ3) is 2.74. The molecule has 1 aliphatic heterocycles. The summed E-state index contributed by atoms with van der Waals surface area (Å²) in [5.74, 6) is -0.396. The van der Waals surface area contributed by atoms with Gasteiger partial charge in [0.1, 0.15) is 11.9 Å². The Bertz CT molecular complexity index is 515. The first-order valence-electron chi connectivity index (χ1n) is 6.29. The fourth-order valence-electron chi connectivity index (χ4n) is 2.31. The van der Waals surface area contributed by atoms with Gasteiger partial charge in [0, 0.05) is 39.5 Å². The largest absolute Gasteiger partial charge is 0.480 e. The third-order valence-electron chi connectivity index (χ3n) is 3.44. The van der Waals surface area contributed by atoms with E-state index in [1.807, 2.05) is 7.05 Å². The normalized spacial score (nSPS) is 22.1. The molecule has 1 aliphatic rings. The van der Waals surface area contributed by atoms with E-state index < -0.39 is 24.1 Å². The second-order valence-corrected chi connectivity index (χ2v) is 4.99. The van der Waals surface area contributed by atoms with Gasteiger partial charge in [-0.15, -0.1) is 0 Å². The topological polar surface area (TPSA) is 98.9 Å². The van der Waals surface area contributed by atoms with Gasteiger partial charge >= 0.3 is 12.0 Å². The molecule has 1 aromatic heterocycles. The highest BCUT2D eigenvalue weighted by molar-refractivity contribution is 5.83. The number of aliphatic hydroxyl groups is 1. The first-order chi connectivity index (χ1) is 9.40. The van der Waals surface area contributed by atoms with Crippen molar-refractivity contribution in [1.29, 1.82) is 0 Å². The molecule has 20 heavy (non-hydrogen) atoms. The van der Waals surface area contributed by atoms with E-state index in [9.17, 15) is 14.7 Å². The van der Waals surface area contributed by atoms with Crippen LogP contribution in [-0.4, -0.2) is 67.3 Å². The number of aliphatic hydroxyl groups excluding tert-OH is 1. The van der Waals surface area contributed by atoms with Crippen molar-refractivity contribution in [3.8, 4) is 0 Å². The van der Waals surface area contributed by atoms with Crippen molar-refractivity contribution in [2.75, 3.05) is 13.6 Å². The van der Waals surface area contributed by atoms with Gasteiger partial charge < -0.3 is 24.6 Å². The molecule has 2 atom stereocenters. The Morgan fingerprint density at radius 2 is 2.25 bits per heavy atom. The summed E-state index contributed by atoms with van der Waals surface area (Å²) < 4.78 is 1.79. The molecule has 1 fully saturated rings. The van der Waals surface area contributed by atoms with Crippen LogP contribution in [0.2, 0.25) is 0 Å². The third-order valence-corrected chi connectivity index (χ3v) is 3.44. The number of rotatable bonds is 3. The Morgan fingerprint density at radius 3 is 2.80 bits per heavy atom. The molecular weight excluding hydrogens is 264 g/mol. The van der Waals surface area contributed by atoms with Crippen LogP contribution in [0.5, 0.6) is 0 Å². The Labute approximate surface area is 116 Å². The number of hydrogen-bond acceptors (Lipinski definition) is 4. The average Bonchev–Trinajstić information content (AvgIpc) is 2.95. The Morgan fingerprint density at radius 1 is 1.55 bits per heavy atom. The van der Waals surface area contributed by atoms with Crippen LogP contribution >= 0.6 is 0 Å². The molecule has 1 aromatic rings. The molecule has 0 radical (unpaired) electrons. The fraction of sp³-hybridized carbons (Fsp3) is 0.583. The number of nitrogens with zero attached hydrogens (tertiary/aromatic N) is 4. The van der Waals surface area contributed by atoms with Crippen molar-refractivity contribution >= 4 is 12.0 Å². The van der Waals surface area contributed by atoms with Crippen molar-refractivity contribution in [3.05, 3.63) is 18.2 Å². The monoisotopic (exact) mass is 282 g/mol. The molecule has 2 heterocycles. The lowest BCUT2D eigenvalue weighted by atomic mass is 10.2. The minimum Gasteiger partial charge on any atom is -0.480 e. The van der Waals surface area contributed by atoms with E-state index in [1.54, 1.807) is 24.0 Å². The molecule has 110 valence electrons. The number of urea groups is 1. The van der Waals surface area contributed by atoms with Gasteiger partial charge in [-0.3, -0.25) is 0 Å². The first kappa shape index (κ1) is 14.3. The van der Waals surface area contributed by atoms with Crippen LogP contribution in [0.3, 0.4) is 0 Å². The summed E-state index contributed by atoms with van der Waals surface area (Å²) >= 11 is 0. The number of likely N-dealkylation sites (tertiary alicyclic amines) is 1. The second kappa shape index (κ2) is 5.49. The van der Waals surface area contributed by atoms with Crippen LogP contribution in [-0.2, 0) is 18.4 Å². The first-order valence-corrected chi connectivity index (χ1v) is 6.29. The molecule has 2 N–H and O–H groups in total. The molecule has 2 amide bonds. The zero-order chi connectivity index (χ0) is 14.9. The summed E-state index contributed by atoms with van der Waals surface area (Å²) in [6, 6.07) is -1.39. The molecule has 1 unspecified atom stereocenters. The Balaban J connectivity index is 2.06. The molecule has 2 rings (SSSR count). The number of aliphatic carboxylic acids is 1. The number of hydrogen-bond donors (Lipinski definition) is 2. The SMILES string of the molecule is CN(Cc1nccn1C)C(=O)N1CC(O)C[C@H]1C(=O)O. The minimum absolute atomic E-state index is 0.0424. The Hall–Kier alpha value is -2.09. The lowest BCUT2D eigenvalue weighted by molar-refractivity contribution is -0.141. The van der Waals surface area contributed by atoms with Gasteiger partial charge in [-0.05, 0) is 0 Å². The fourth-order valence-corrected chi connectivity index (χ4v) is 2.31. The maximum atomic E-state index is 12.3. The second-order valence-electron chi connectivity index (χ2n) is 4.99. The van der Waals surface area contributed by atoms with Crippen molar-refractivity contribution in [3.63, 3.8) is 0 Å². The molecule has 0 spiro atoms. The van der Waals surface area contributed by atoms with E-state index in [4.69, 9.17) is 5.11 Å². The summed E-state index contributed by atoms with van der Waals surface area (Å²) in [6.45, 7) is 0.321. The van der Waals surface area contributed by atoms with Crippen LogP contribution in [0.25, 0.3) is 0 Å². The van der Waals surface area contributed by atoms with Gasteiger partial charge in [0.2, 0.25) is 0 Å². The number of carboxylic acid groups (broad SMARTS) is 1.